The molecule has 13 nitrogen and oxygen atoms in total. The van der Waals surface area contributed by atoms with Crippen LogP contribution in [0.5, 0.6) is 11.5 Å². The van der Waals surface area contributed by atoms with Crippen molar-refractivity contribution in [3.05, 3.63) is 76.0 Å². The molecule has 0 radical (unpaired) electrons. The van der Waals surface area contributed by atoms with E-state index < -0.39 is 17.7 Å². The van der Waals surface area contributed by atoms with E-state index in [1.165, 1.54) is 11.3 Å². The number of benzene rings is 1. The molecule has 2 atom stereocenters. The molecule has 1 amide bonds. The summed E-state index contributed by atoms with van der Waals surface area (Å²) >= 11 is 1.45. The van der Waals surface area contributed by atoms with Crippen molar-refractivity contribution in [2.24, 2.45) is 0 Å². The van der Waals surface area contributed by atoms with Crippen LogP contribution in [0.3, 0.4) is 0 Å². The highest BCUT2D eigenvalue weighted by molar-refractivity contribution is 7.09. The van der Waals surface area contributed by atoms with Gasteiger partial charge in [-0.3, -0.25) is 9.47 Å². The summed E-state index contributed by atoms with van der Waals surface area (Å²) in [6, 6.07) is 7.50. The second-order valence-electron chi connectivity index (χ2n) is 12.5. The van der Waals surface area contributed by atoms with Crippen LogP contribution >= 0.6 is 11.3 Å². The summed E-state index contributed by atoms with van der Waals surface area (Å²) in [7, 11) is 0. The Morgan fingerprint density at radius 3 is 2.72 bits per heavy atom. The van der Waals surface area contributed by atoms with Gasteiger partial charge in [0, 0.05) is 49.0 Å². The molecule has 6 rings (SSSR count). The first kappa shape index (κ1) is 32.4. The first-order valence-electron chi connectivity index (χ1n) is 15.6. The lowest BCUT2D eigenvalue weighted by Crippen LogP contribution is -2.41. The fraction of sp³-hybridized carbons (Fsp3) is 0.455. The fourth-order valence-electron chi connectivity index (χ4n) is 5.81. The van der Waals surface area contributed by atoms with Crippen molar-refractivity contribution in [3.63, 3.8) is 0 Å². The zero-order valence-electron chi connectivity index (χ0n) is 27.2. The van der Waals surface area contributed by atoms with Gasteiger partial charge in [0.15, 0.2) is 17.2 Å². The molecule has 0 bridgehead atoms. The molecule has 0 saturated carbocycles. The van der Waals surface area contributed by atoms with Gasteiger partial charge in [-0.05, 0) is 71.3 Å². The lowest BCUT2D eigenvalue weighted by Gasteiger charge is -2.31. The number of rotatable bonds is 10. The molecule has 3 aromatic heterocycles. The van der Waals surface area contributed by atoms with Crippen LogP contribution < -0.4 is 9.47 Å². The molecule has 4 aromatic rings. The average molecular weight is 662 g/mol. The number of hydrogen-bond acceptors (Lipinski definition) is 12. The lowest BCUT2D eigenvalue weighted by molar-refractivity contribution is 0.0210. The number of imidazole rings is 1. The molecule has 2 unspecified atom stereocenters. The molecule has 248 valence electrons. The van der Waals surface area contributed by atoms with Crippen molar-refractivity contribution in [2.45, 2.75) is 65.1 Å². The molecular weight excluding hydrogens is 622 g/mol. The second-order valence-corrected chi connectivity index (χ2v) is 13.4. The van der Waals surface area contributed by atoms with Gasteiger partial charge in [0.05, 0.1) is 23.4 Å². The number of carbonyl (C=O) groups excluding carboxylic acids is 2. The van der Waals surface area contributed by atoms with Gasteiger partial charge in [0.2, 0.25) is 12.7 Å². The predicted molar refractivity (Wildman–Crippen MR) is 173 cm³/mol. The van der Waals surface area contributed by atoms with Gasteiger partial charge >= 0.3 is 12.1 Å². The van der Waals surface area contributed by atoms with E-state index in [1.54, 1.807) is 34.3 Å². The smallest absolute Gasteiger partial charge is 0.410 e. The minimum Gasteiger partial charge on any atom is -0.461 e. The van der Waals surface area contributed by atoms with E-state index in [0.717, 1.165) is 34.9 Å². The molecule has 5 heterocycles. The number of hydrogen-bond donors (Lipinski definition) is 0. The molecule has 0 spiro atoms. The van der Waals surface area contributed by atoms with Crippen LogP contribution in [0.15, 0.2) is 48.4 Å². The quantitative estimate of drug-likeness (QED) is 0.205. The normalized spacial score (nSPS) is 17.6. The molecule has 0 aliphatic carbocycles. The van der Waals surface area contributed by atoms with Crippen LogP contribution in [0.25, 0.3) is 5.95 Å². The monoisotopic (exact) mass is 661 g/mol. The number of nitrogens with zero attached hydrogens (tertiary/aromatic N) is 7. The number of ether oxygens (including phenoxy) is 4. The van der Waals surface area contributed by atoms with E-state index >= 15 is 0 Å². The van der Waals surface area contributed by atoms with Crippen molar-refractivity contribution in [1.82, 2.24) is 34.3 Å². The van der Waals surface area contributed by atoms with Gasteiger partial charge in [-0.15, -0.1) is 11.3 Å². The number of thiazole rings is 1. The first-order chi connectivity index (χ1) is 22.6. The number of aryl methyl sites for hydroxylation is 1. The van der Waals surface area contributed by atoms with E-state index in [2.05, 4.69) is 14.9 Å². The summed E-state index contributed by atoms with van der Waals surface area (Å²) in [6.07, 6.45) is 5.56. The van der Waals surface area contributed by atoms with Crippen molar-refractivity contribution in [3.8, 4) is 17.4 Å². The van der Waals surface area contributed by atoms with Gasteiger partial charge in [0.1, 0.15) is 11.9 Å². The van der Waals surface area contributed by atoms with Crippen LogP contribution in [0, 0.1) is 6.92 Å². The Labute approximate surface area is 277 Å². The summed E-state index contributed by atoms with van der Waals surface area (Å²) in [5, 5.41) is 2.59. The van der Waals surface area contributed by atoms with Crippen LogP contribution in [0.1, 0.15) is 78.5 Å². The summed E-state index contributed by atoms with van der Waals surface area (Å²) < 4.78 is 23.9. The molecule has 14 heteroatoms. The second kappa shape index (κ2) is 13.7. The maximum atomic E-state index is 13.5. The van der Waals surface area contributed by atoms with Crippen LogP contribution in [-0.4, -0.2) is 85.0 Å². The largest absolute Gasteiger partial charge is 0.461 e. The van der Waals surface area contributed by atoms with Gasteiger partial charge in [0.25, 0.3) is 0 Å². The summed E-state index contributed by atoms with van der Waals surface area (Å²) in [5.74, 6) is 1.39. The van der Waals surface area contributed by atoms with Crippen molar-refractivity contribution < 1.29 is 28.5 Å². The average Bonchev–Trinajstić information content (AvgIpc) is 3.84. The number of aromatic nitrogens is 5. The Morgan fingerprint density at radius 1 is 1.13 bits per heavy atom. The van der Waals surface area contributed by atoms with Crippen LogP contribution in [0.4, 0.5) is 4.79 Å². The minimum absolute atomic E-state index is 0.0445. The van der Waals surface area contributed by atoms with E-state index in [9.17, 15) is 9.59 Å². The molecule has 2 aliphatic heterocycles. The highest BCUT2D eigenvalue weighted by Gasteiger charge is 2.40. The van der Waals surface area contributed by atoms with E-state index in [-0.39, 0.29) is 25.4 Å². The van der Waals surface area contributed by atoms with Gasteiger partial charge in [-0.25, -0.2) is 29.5 Å². The Kier molecular flexibility index (Phi) is 9.41. The highest BCUT2D eigenvalue weighted by atomic mass is 32.1. The number of esters is 1. The number of amides is 1. The topological polar surface area (TPSA) is 134 Å². The number of likely N-dealkylation sites (tertiary alicyclic amines) is 1. The third-order valence-electron chi connectivity index (χ3n) is 7.85. The minimum atomic E-state index is -0.658. The van der Waals surface area contributed by atoms with Crippen molar-refractivity contribution >= 4 is 23.4 Å². The van der Waals surface area contributed by atoms with E-state index in [0.29, 0.717) is 42.8 Å². The molecular formula is C33H39N7O6S. The zero-order valence-corrected chi connectivity index (χ0v) is 28.0. The Hall–Kier alpha value is -4.56. The fourth-order valence-corrected chi connectivity index (χ4v) is 6.76. The molecule has 1 fully saturated rings. The zero-order chi connectivity index (χ0) is 33.1. The molecule has 2 aliphatic rings. The van der Waals surface area contributed by atoms with Gasteiger partial charge in [-0.2, -0.15) is 0 Å². The van der Waals surface area contributed by atoms with Crippen LogP contribution in [0.2, 0.25) is 0 Å². The first-order valence-corrected chi connectivity index (χ1v) is 16.5. The maximum Gasteiger partial charge on any atom is 0.410 e. The summed E-state index contributed by atoms with van der Waals surface area (Å²) in [6.45, 7) is 11.8. The van der Waals surface area contributed by atoms with Crippen molar-refractivity contribution in [1.29, 1.82) is 0 Å². The maximum absolute atomic E-state index is 13.5. The molecule has 0 N–H and O–H groups in total. The van der Waals surface area contributed by atoms with E-state index in [4.69, 9.17) is 28.9 Å². The summed E-state index contributed by atoms with van der Waals surface area (Å²) in [5.41, 5.74) is 2.20. The SMILES string of the molecule is CCOC(=O)c1csc(C2CCN(CCN(Cc3ccc4c(c3)OCO4)C(=O)OC(C)(C)C)C2c2cc(C)nc(-n3ccnc3)n2)n1. The van der Waals surface area contributed by atoms with Gasteiger partial charge in [-0.1, -0.05) is 6.07 Å². The molecule has 1 saturated heterocycles. The third-order valence-corrected chi connectivity index (χ3v) is 8.82. The summed E-state index contributed by atoms with van der Waals surface area (Å²) in [4.78, 5) is 48.6. The Morgan fingerprint density at radius 2 is 1.96 bits per heavy atom. The Bertz CT molecular complexity index is 1720. The van der Waals surface area contributed by atoms with Crippen molar-refractivity contribution in [2.75, 3.05) is 33.0 Å². The lowest BCUT2D eigenvalue weighted by atomic mass is 9.97. The standard InChI is InChI=1S/C33H39N7O6S/c1-6-43-30(41)25-18-47-29(36-25)23-9-11-38(28(23)24-15-21(2)35-31(37-24)40-12-10-34-19-40)13-14-39(32(42)46-33(3,4)5)17-22-7-8-26-27(16-22)45-20-44-26/h7-8,10,12,15-16,18-19,23,28H,6,9,11,13-14,17,20H2,1-5H3. The molecule has 47 heavy (non-hydrogen) atoms. The van der Waals surface area contributed by atoms with Crippen LogP contribution in [-0.2, 0) is 16.0 Å². The number of carbonyl (C=O) groups is 2. The molecule has 1 aromatic carbocycles. The predicted octanol–water partition coefficient (Wildman–Crippen LogP) is 5.30. The van der Waals surface area contributed by atoms with Gasteiger partial charge < -0.3 is 23.8 Å². The highest BCUT2D eigenvalue weighted by Crippen LogP contribution is 2.44. The Balaban J connectivity index is 1.29. The third kappa shape index (κ3) is 7.54. The van der Waals surface area contributed by atoms with E-state index in [1.807, 2.05) is 58.2 Å². The number of fused-ring (bicyclic) bond motifs is 1.